The molecule has 4 aliphatic rings. The first-order valence-electron chi connectivity index (χ1n) is 21.0. The second-order valence-corrected chi connectivity index (χ2v) is 17.3. The lowest BCUT2D eigenvalue weighted by Crippen LogP contribution is -2.60. The molecule has 2 heterocycles. The van der Waals surface area contributed by atoms with E-state index < -0.39 is 5.41 Å². The van der Waals surface area contributed by atoms with Gasteiger partial charge < -0.3 is 9.80 Å². The molecule has 3 heteroatoms. The van der Waals surface area contributed by atoms with E-state index in [4.69, 9.17) is 0 Å². The Kier molecular flexibility index (Phi) is 7.30. The maximum Gasteiger partial charge on any atom is 0.244 e. The average Bonchev–Trinajstić information content (AvgIpc) is 3.53. The van der Waals surface area contributed by atoms with E-state index >= 15 is 0 Å². The molecule has 2 aliphatic carbocycles. The Labute approximate surface area is 347 Å². The zero-order valence-corrected chi connectivity index (χ0v) is 33.7. The van der Waals surface area contributed by atoms with Crippen molar-refractivity contribution in [2.75, 3.05) is 9.80 Å². The van der Waals surface area contributed by atoms with Crippen LogP contribution in [-0.2, 0) is 17.3 Å². The molecular weight excluding hydrogens is 711 g/mol. The molecule has 0 saturated heterocycles. The van der Waals surface area contributed by atoms with Gasteiger partial charge in [-0.3, -0.25) is 0 Å². The van der Waals surface area contributed by atoms with Crippen molar-refractivity contribution in [1.82, 2.24) is 0 Å². The molecule has 59 heavy (non-hydrogen) atoms. The van der Waals surface area contributed by atoms with Crippen LogP contribution in [0.15, 0.2) is 194 Å². The van der Waals surface area contributed by atoms with E-state index in [2.05, 4.69) is 225 Å². The second kappa shape index (κ2) is 12.6. The Hall–Kier alpha value is -6.84. The summed E-state index contributed by atoms with van der Waals surface area (Å²) in [6.07, 6.45) is 5.66. The Morgan fingerprint density at radius 2 is 1.25 bits per heavy atom. The third-order valence-corrected chi connectivity index (χ3v) is 13.9. The number of anilines is 6. The van der Waals surface area contributed by atoms with Gasteiger partial charge in [0.15, 0.2) is 0 Å². The van der Waals surface area contributed by atoms with Crippen molar-refractivity contribution in [2.24, 2.45) is 0 Å². The van der Waals surface area contributed by atoms with Gasteiger partial charge in [-0.2, -0.15) is 0 Å². The molecule has 1 unspecified atom stereocenters. The minimum absolute atomic E-state index is 0.0742. The molecule has 0 bridgehead atoms. The highest BCUT2D eigenvalue weighted by Gasteiger charge is 2.57. The minimum atomic E-state index is -0.417. The Balaban J connectivity index is 1.22. The minimum Gasteiger partial charge on any atom is -0.311 e. The fourth-order valence-electron chi connectivity index (χ4n) is 11.6. The lowest BCUT2D eigenvalue weighted by atomic mass is 9.27. The van der Waals surface area contributed by atoms with Gasteiger partial charge >= 0.3 is 0 Å². The zero-order valence-electron chi connectivity index (χ0n) is 33.7. The molecule has 2 nitrogen and oxygen atoms in total. The van der Waals surface area contributed by atoms with Crippen molar-refractivity contribution in [3.8, 4) is 0 Å². The van der Waals surface area contributed by atoms with Gasteiger partial charge in [0.2, 0.25) is 6.71 Å². The van der Waals surface area contributed by atoms with E-state index in [0.717, 1.165) is 29.2 Å². The lowest BCUT2D eigenvalue weighted by molar-refractivity contribution is 0.658. The molecule has 0 fully saturated rings. The molecular formula is C56H43BN2. The van der Waals surface area contributed by atoms with Gasteiger partial charge in [0.1, 0.15) is 0 Å². The molecule has 0 N–H and O–H groups in total. The normalized spacial score (nSPS) is 17.7. The van der Waals surface area contributed by atoms with Crippen LogP contribution in [0, 0.1) is 0 Å². The van der Waals surface area contributed by atoms with Gasteiger partial charge in [-0.1, -0.05) is 165 Å². The first kappa shape index (κ1) is 34.2. The van der Waals surface area contributed by atoms with Crippen molar-refractivity contribution in [1.29, 1.82) is 0 Å². The Morgan fingerprint density at radius 1 is 0.610 bits per heavy atom. The summed E-state index contributed by atoms with van der Waals surface area (Å²) in [4.78, 5) is 5.00. The van der Waals surface area contributed by atoms with Crippen LogP contribution >= 0.6 is 0 Å². The number of rotatable bonds is 5. The van der Waals surface area contributed by atoms with Crippen LogP contribution in [-0.4, -0.2) is 6.71 Å². The standard InChI is InChI=1S/C56H43BN2/c1-55(2)46-33-14-13-30-43(46)51-54(55)57-47-34-15-16-35-48(47)59(42-29-19-28-41(36-42)58(39-24-9-5-10-25-39)40-26-11-6-12-27-40)53-45-32-18-21-37-20-17-31-44(49(37)45)50(52(53)57)56(51,3)38-22-7-4-8-23-38/h4-30,32-36H,31H2,1-3H3. The van der Waals surface area contributed by atoms with E-state index in [0.29, 0.717) is 0 Å². The quantitative estimate of drug-likeness (QED) is 0.162. The second-order valence-electron chi connectivity index (χ2n) is 17.3. The summed E-state index contributed by atoms with van der Waals surface area (Å²) in [6, 6.07) is 67.7. The predicted molar refractivity (Wildman–Crippen MR) is 250 cm³/mol. The molecule has 280 valence electrons. The van der Waals surface area contributed by atoms with Gasteiger partial charge in [-0.05, 0) is 117 Å². The summed E-state index contributed by atoms with van der Waals surface area (Å²) in [6.45, 7) is 7.59. The van der Waals surface area contributed by atoms with Crippen molar-refractivity contribution < 1.29 is 0 Å². The molecule has 0 radical (unpaired) electrons. The average molecular weight is 755 g/mol. The van der Waals surface area contributed by atoms with Crippen LogP contribution in [0.25, 0.3) is 22.4 Å². The first-order valence-corrected chi connectivity index (χ1v) is 21.0. The first-order chi connectivity index (χ1) is 29.0. The van der Waals surface area contributed by atoms with Crippen LogP contribution in [0.1, 0.15) is 54.2 Å². The lowest BCUT2D eigenvalue weighted by Gasteiger charge is -2.50. The van der Waals surface area contributed by atoms with Crippen molar-refractivity contribution in [3.05, 3.63) is 227 Å². The molecule has 12 rings (SSSR count). The fraction of sp³-hybridized carbons (Fsp3) is 0.107. The summed E-state index contributed by atoms with van der Waals surface area (Å²) in [5.41, 5.74) is 20.7. The number of hydrogen-bond donors (Lipinski definition) is 0. The number of fused-ring (bicyclic) bond motifs is 7. The molecule has 1 atom stereocenters. The van der Waals surface area contributed by atoms with Gasteiger partial charge in [0.25, 0.3) is 0 Å². The van der Waals surface area contributed by atoms with Crippen LogP contribution in [0.2, 0.25) is 0 Å². The van der Waals surface area contributed by atoms with Gasteiger partial charge in [-0.15, -0.1) is 0 Å². The molecule has 0 spiro atoms. The summed E-state index contributed by atoms with van der Waals surface area (Å²) < 4.78 is 0. The zero-order chi connectivity index (χ0) is 39.5. The predicted octanol–water partition coefficient (Wildman–Crippen LogP) is 12.9. The highest BCUT2D eigenvalue weighted by atomic mass is 15.2. The largest absolute Gasteiger partial charge is 0.311 e. The molecule has 8 aromatic rings. The van der Waals surface area contributed by atoms with E-state index in [1.54, 1.807) is 0 Å². The van der Waals surface area contributed by atoms with Gasteiger partial charge in [0.05, 0.1) is 0 Å². The topological polar surface area (TPSA) is 6.48 Å². The SMILES string of the molecule is CC1(C)C2=C(c3ccccc31)C(C)(c1ccccc1)c1c3c(c4cccc5c4c1CC=C5)N(c1cccc(N(c4ccccc4)c4ccccc4)c1)c1ccccc1B23. The van der Waals surface area contributed by atoms with Crippen molar-refractivity contribution >= 4 is 74.2 Å². The number of hydrogen-bond acceptors (Lipinski definition) is 2. The summed E-state index contributed by atoms with van der Waals surface area (Å²) in [5, 5.41) is 2.70. The van der Waals surface area contributed by atoms with Crippen LogP contribution < -0.4 is 20.7 Å². The van der Waals surface area contributed by atoms with Crippen LogP contribution in [0.3, 0.4) is 0 Å². The van der Waals surface area contributed by atoms with E-state index in [1.165, 1.54) is 77.5 Å². The maximum absolute atomic E-state index is 2.62. The molecule has 0 amide bonds. The monoisotopic (exact) mass is 754 g/mol. The molecule has 8 aromatic carbocycles. The summed E-state index contributed by atoms with van der Waals surface area (Å²) >= 11 is 0. The third kappa shape index (κ3) is 4.65. The highest BCUT2D eigenvalue weighted by molar-refractivity contribution is 6.96. The number of para-hydroxylation sites is 3. The fourth-order valence-corrected chi connectivity index (χ4v) is 11.6. The van der Waals surface area contributed by atoms with Crippen molar-refractivity contribution in [2.45, 2.75) is 38.0 Å². The summed E-state index contributed by atoms with van der Waals surface area (Å²) in [5.74, 6) is 0. The maximum atomic E-state index is 2.62. The van der Waals surface area contributed by atoms with Crippen molar-refractivity contribution in [3.63, 3.8) is 0 Å². The van der Waals surface area contributed by atoms with Crippen LogP contribution in [0.5, 0.6) is 0 Å². The smallest absolute Gasteiger partial charge is 0.244 e. The van der Waals surface area contributed by atoms with Gasteiger partial charge in [0, 0.05) is 50.3 Å². The van der Waals surface area contributed by atoms with E-state index in [1.807, 2.05) is 0 Å². The summed E-state index contributed by atoms with van der Waals surface area (Å²) in [7, 11) is 0. The Bertz CT molecular complexity index is 3030. The highest BCUT2D eigenvalue weighted by Crippen LogP contribution is 2.61. The Morgan fingerprint density at radius 3 is 2.02 bits per heavy atom. The third-order valence-electron chi connectivity index (χ3n) is 13.9. The number of allylic oxidation sites excluding steroid dienone is 3. The number of benzene rings is 8. The van der Waals surface area contributed by atoms with E-state index in [-0.39, 0.29) is 12.1 Å². The van der Waals surface area contributed by atoms with E-state index in [9.17, 15) is 0 Å². The molecule has 2 aliphatic heterocycles. The molecule has 0 aromatic heterocycles. The number of nitrogens with zero attached hydrogens (tertiary/aromatic N) is 2. The molecule has 0 saturated carbocycles. The van der Waals surface area contributed by atoms with Gasteiger partial charge in [-0.25, -0.2) is 0 Å². The van der Waals surface area contributed by atoms with Crippen LogP contribution in [0.4, 0.5) is 34.1 Å².